The van der Waals surface area contributed by atoms with Crippen LogP contribution in [0.25, 0.3) is 22.0 Å². The van der Waals surface area contributed by atoms with Gasteiger partial charge in [-0.25, -0.2) is 4.98 Å². The highest BCUT2D eigenvalue weighted by Gasteiger charge is 2.22. The maximum Gasteiger partial charge on any atom is 0.261 e. The van der Waals surface area contributed by atoms with E-state index in [0.29, 0.717) is 39.5 Å². The molecule has 1 fully saturated rings. The molecule has 0 bridgehead atoms. The predicted octanol–water partition coefficient (Wildman–Crippen LogP) is 5.49. The number of fused-ring (bicyclic) bond motifs is 1. The first-order valence-electron chi connectivity index (χ1n) is 10.1. The van der Waals surface area contributed by atoms with Gasteiger partial charge < -0.3 is 4.90 Å². The van der Waals surface area contributed by atoms with Gasteiger partial charge in [-0.3, -0.25) is 9.36 Å². The number of halogens is 2. The zero-order chi connectivity index (χ0) is 20.5. The second-order valence-electron chi connectivity index (χ2n) is 8.16. The number of benzene rings is 2. The molecule has 1 aliphatic rings. The van der Waals surface area contributed by atoms with E-state index in [0.717, 1.165) is 30.6 Å². The Kier molecular flexibility index (Phi) is 5.95. The Morgan fingerprint density at radius 2 is 2.00 bits per heavy atom. The number of aromatic nitrogens is 2. The van der Waals surface area contributed by atoms with Crippen molar-refractivity contribution in [2.75, 3.05) is 13.1 Å². The topological polar surface area (TPSA) is 38.1 Å². The highest BCUT2D eigenvalue weighted by atomic mass is 35.5. The van der Waals surface area contributed by atoms with E-state index in [-0.39, 0.29) is 5.56 Å². The molecule has 0 N–H and O–H groups in total. The Labute approximate surface area is 181 Å². The predicted molar refractivity (Wildman–Crippen MR) is 121 cm³/mol. The SMILES string of the molecule is CC(C)N1CCCC(Cn2cnc3ccc(-c4ccc(Cl)cc4Cl)cc3c2=O)C1. The summed E-state index contributed by atoms with van der Waals surface area (Å²) in [6, 6.07) is 11.6. The lowest BCUT2D eigenvalue weighted by molar-refractivity contribution is 0.130. The quantitative estimate of drug-likeness (QED) is 0.549. The summed E-state index contributed by atoms with van der Waals surface area (Å²) in [6.45, 7) is 7.34. The minimum atomic E-state index is 0.00334. The molecule has 29 heavy (non-hydrogen) atoms. The van der Waals surface area contributed by atoms with Crippen LogP contribution in [0.3, 0.4) is 0 Å². The normalized spacial score (nSPS) is 17.9. The number of rotatable bonds is 4. The largest absolute Gasteiger partial charge is 0.301 e. The van der Waals surface area contributed by atoms with Crippen molar-refractivity contribution in [1.82, 2.24) is 14.5 Å². The fourth-order valence-corrected chi connectivity index (χ4v) is 4.69. The van der Waals surface area contributed by atoms with Crippen molar-refractivity contribution < 1.29 is 0 Å². The Hall–Kier alpha value is -1.88. The summed E-state index contributed by atoms with van der Waals surface area (Å²) >= 11 is 12.4. The van der Waals surface area contributed by atoms with Crippen molar-refractivity contribution in [2.24, 2.45) is 5.92 Å². The lowest BCUT2D eigenvalue weighted by atomic mass is 9.97. The number of hydrogen-bond acceptors (Lipinski definition) is 3. The van der Waals surface area contributed by atoms with Gasteiger partial charge in [0.25, 0.3) is 5.56 Å². The lowest BCUT2D eigenvalue weighted by Gasteiger charge is -2.35. The molecule has 0 aliphatic carbocycles. The third kappa shape index (κ3) is 4.35. The van der Waals surface area contributed by atoms with Crippen molar-refractivity contribution in [3.63, 3.8) is 0 Å². The molecule has 1 atom stereocenters. The first-order valence-corrected chi connectivity index (χ1v) is 10.9. The molecule has 1 unspecified atom stereocenters. The number of nitrogens with zero attached hydrogens (tertiary/aromatic N) is 3. The van der Waals surface area contributed by atoms with E-state index in [2.05, 4.69) is 23.7 Å². The third-order valence-electron chi connectivity index (χ3n) is 5.80. The molecule has 1 aromatic heterocycles. The Balaban J connectivity index is 1.66. The Morgan fingerprint density at radius 3 is 2.76 bits per heavy atom. The van der Waals surface area contributed by atoms with Gasteiger partial charge in [0.15, 0.2) is 0 Å². The zero-order valence-corrected chi connectivity index (χ0v) is 18.2. The van der Waals surface area contributed by atoms with Crippen LogP contribution in [0.15, 0.2) is 47.5 Å². The smallest absolute Gasteiger partial charge is 0.261 e. The van der Waals surface area contributed by atoms with Gasteiger partial charge in [-0.1, -0.05) is 35.3 Å². The molecule has 6 heteroatoms. The molecule has 1 aliphatic heterocycles. The van der Waals surface area contributed by atoms with E-state index in [1.165, 1.54) is 6.42 Å². The van der Waals surface area contributed by atoms with Crippen molar-refractivity contribution in [3.05, 3.63) is 63.1 Å². The van der Waals surface area contributed by atoms with Gasteiger partial charge in [0.05, 0.1) is 17.2 Å². The molecule has 0 saturated carbocycles. The van der Waals surface area contributed by atoms with Crippen LogP contribution in [-0.2, 0) is 6.54 Å². The van der Waals surface area contributed by atoms with Crippen LogP contribution in [-0.4, -0.2) is 33.6 Å². The zero-order valence-electron chi connectivity index (χ0n) is 16.7. The molecule has 1 saturated heterocycles. The molecular weight excluding hydrogens is 405 g/mol. The summed E-state index contributed by atoms with van der Waals surface area (Å²) < 4.78 is 1.77. The fourth-order valence-electron chi connectivity index (χ4n) is 4.17. The van der Waals surface area contributed by atoms with Crippen molar-refractivity contribution in [1.29, 1.82) is 0 Å². The Bertz CT molecular complexity index is 1090. The molecule has 0 spiro atoms. The molecule has 2 aromatic carbocycles. The molecule has 0 amide bonds. The number of hydrogen-bond donors (Lipinski definition) is 0. The molecule has 4 nitrogen and oxygen atoms in total. The summed E-state index contributed by atoms with van der Waals surface area (Å²) in [5, 5.41) is 1.77. The average Bonchev–Trinajstić information content (AvgIpc) is 2.70. The van der Waals surface area contributed by atoms with Crippen LogP contribution in [0, 0.1) is 5.92 Å². The van der Waals surface area contributed by atoms with Crippen molar-refractivity contribution in [3.8, 4) is 11.1 Å². The van der Waals surface area contributed by atoms with Gasteiger partial charge in [-0.2, -0.15) is 0 Å². The van der Waals surface area contributed by atoms with Gasteiger partial charge in [0.2, 0.25) is 0 Å². The minimum Gasteiger partial charge on any atom is -0.301 e. The fraction of sp³-hybridized carbons (Fsp3) is 0.391. The van der Waals surface area contributed by atoms with Crippen LogP contribution in [0.5, 0.6) is 0 Å². The van der Waals surface area contributed by atoms with Crippen LogP contribution >= 0.6 is 23.2 Å². The second kappa shape index (κ2) is 8.47. The maximum absolute atomic E-state index is 13.2. The van der Waals surface area contributed by atoms with Crippen molar-refractivity contribution in [2.45, 2.75) is 39.3 Å². The average molecular weight is 430 g/mol. The summed E-state index contributed by atoms with van der Waals surface area (Å²) in [4.78, 5) is 20.2. The molecule has 152 valence electrons. The standard InChI is InChI=1S/C23H25Cl2N3O/c1-15(2)27-9-3-4-16(12-27)13-28-14-26-22-8-5-17(10-20(22)23(28)29)19-7-6-18(24)11-21(19)25/h5-8,10-11,14-16H,3-4,9,12-13H2,1-2H3. The summed E-state index contributed by atoms with van der Waals surface area (Å²) in [5.41, 5.74) is 2.45. The van der Waals surface area contributed by atoms with Gasteiger partial charge >= 0.3 is 0 Å². The molecule has 2 heterocycles. The molecule has 3 aromatic rings. The van der Waals surface area contributed by atoms with Crippen LogP contribution < -0.4 is 5.56 Å². The highest BCUT2D eigenvalue weighted by Crippen LogP contribution is 2.31. The van der Waals surface area contributed by atoms with E-state index in [1.54, 1.807) is 23.0 Å². The first-order chi connectivity index (χ1) is 13.9. The maximum atomic E-state index is 13.2. The van der Waals surface area contributed by atoms with E-state index in [4.69, 9.17) is 23.2 Å². The molecule has 0 radical (unpaired) electrons. The monoisotopic (exact) mass is 429 g/mol. The van der Waals surface area contributed by atoms with E-state index >= 15 is 0 Å². The van der Waals surface area contributed by atoms with Gasteiger partial charge in [0.1, 0.15) is 0 Å². The van der Waals surface area contributed by atoms with Gasteiger partial charge in [0, 0.05) is 34.7 Å². The molecule has 4 rings (SSSR count). The summed E-state index contributed by atoms with van der Waals surface area (Å²) in [5.74, 6) is 0.469. The molecular formula is C23H25Cl2N3O. The van der Waals surface area contributed by atoms with E-state index in [9.17, 15) is 4.79 Å². The third-order valence-corrected chi connectivity index (χ3v) is 6.35. The summed E-state index contributed by atoms with van der Waals surface area (Å²) in [6.07, 6.45) is 4.01. The lowest BCUT2D eigenvalue weighted by Crippen LogP contribution is -2.42. The van der Waals surface area contributed by atoms with Crippen LogP contribution in [0.4, 0.5) is 0 Å². The second-order valence-corrected chi connectivity index (χ2v) is 9.00. The van der Waals surface area contributed by atoms with Crippen LogP contribution in [0.2, 0.25) is 10.0 Å². The van der Waals surface area contributed by atoms with Crippen molar-refractivity contribution >= 4 is 34.1 Å². The van der Waals surface area contributed by atoms with Crippen LogP contribution in [0.1, 0.15) is 26.7 Å². The van der Waals surface area contributed by atoms with Gasteiger partial charge in [-0.05, 0) is 69.0 Å². The Morgan fingerprint density at radius 1 is 1.17 bits per heavy atom. The number of piperidine rings is 1. The minimum absolute atomic E-state index is 0.00334. The first kappa shape index (κ1) is 20.4. The van der Waals surface area contributed by atoms with E-state index in [1.807, 2.05) is 24.3 Å². The summed E-state index contributed by atoms with van der Waals surface area (Å²) in [7, 11) is 0. The highest BCUT2D eigenvalue weighted by molar-refractivity contribution is 6.36. The van der Waals surface area contributed by atoms with E-state index < -0.39 is 0 Å². The van der Waals surface area contributed by atoms with Gasteiger partial charge in [-0.15, -0.1) is 0 Å². The number of likely N-dealkylation sites (tertiary alicyclic amines) is 1.